The number of imidazole rings is 1. The summed E-state index contributed by atoms with van der Waals surface area (Å²) in [6, 6.07) is 0.228. The summed E-state index contributed by atoms with van der Waals surface area (Å²) < 4.78 is 12.6. The summed E-state index contributed by atoms with van der Waals surface area (Å²) in [5.74, 6) is 4.94. The lowest BCUT2D eigenvalue weighted by Gasteiger charge is -2.32. The van der Waals surface area contributed by atoms with Gasteiger partial charge in [-0.3, -0.25) is 9.51 Å². The Morgan fingerprint density at radius 2 is 1.83 bits per heavy atom. The van der Waals surface area contributed by atoms with E-state index in [4.69, 9.17) is 24.0 Å². The maximum atomic E-state index is 11.7. The lowest BCUT2D eigenvalue weighted by Crippen LogP contribution is -2.31. The van der Waals surface area contributed by atoms with Crippen molar-refractivity contribution in [1.82, 2.24) is 39.8 Å². The van der Waals surface area contributed by atoms with Crippen LogP contribution in [-0.2, 0) is 13.1 Å². The lowest BCUT2D eigenvalue weighted by molar-refractivity contribution is 0.267. The van der Waals surface area contributed by atoms with Crippen LogP contribution in [0.25, 0.3) is 22.8 Å². The number of anilines is 2. The molecule has 0 saturated heterocycles. The molecule has 2 N–H and O–H groups in total. The fourth-order valence-electron chi connectivity index (χ4n) is 6.18. The zero-order valence-electron chi connectivity index (χ0n) is 24.0. The monoisotopic (exact) mass is 562 g/mol. The van der Waals surface area contributed by atoms with Crippen molar-refractivity contribution in [2.24, 2.45) is 17.8 Å². The van der Waals surface area contributed by atoms with Crippen LogP contribution in [0.2, 0.25) is 0 Å². The summed E-state index contributed by atoms with van der Waals surface area (Å²) in [4.78, 5) is 35.7. The average Bonchev–Trinajstić information content (AvgIpc) is 3.31. The van der Waals surface area contributed by atoms with Crippen LogP contribution in [0.15, 0.2) is 13.8 Å². The molecule has 0 aliphatic heterocycles. The molecule has 3 aliphatic rings. The predicted octanol–water partition coefficient (Wildman–Crippen LogP) is 4.49. The molecule has 0 amide bonds. The molecule has 41 heavy (non-hydrogen) atoms. The van der Waals surface area contributed by atoms with E-state index in [1.54, 1.807) is 0 Å². The molecule has 7 rings (SSSR count). The van der Waals surface area contributed by atoms with Crippen LogP contribution >= 0.6 is 0 Å². The van der Waals surface area contributed by atoms with Crippen molar-refractivity contribution < 1.29 is 9.05 Å². The van der Waals surface area contributed by atoms with Crippen molar-refractivity contribution in [1.29, 1.82) is 0 Å². The molecule has 0 bridgehead atoms. The summed E-state index contributed by atoms with van der Waals surface area (Å²) in [5, 5.41) is 11.8. The molecule has 4 heterocycles. The Kier molecular flexibility index (Phi) is 6.74. The van der Waals surface area contributed by atoms with Crippen molar-refractivity contribution >= 4 is 22.9 Å². The van der Waals surface area contributed by atoms with Crippen LogP contribution in [0.3, 0.4) is 0 Å². The summed E-state index contributed by atoms with van der Waals surface area (Å²) in [7, 11) is 2.00. The first-order valence-electron chi connectivity index (χ1n) is 15.1. The molecular weight excluding hydrogens is 524 g/mol. The Morgan fingerprint density at radius 3 is 2.51 bits per heavy atom. The number of hydrogen-bond donors (Lipinski definition) is 2. The zero-order valence-corrected chi connectivity index (χ0v) is 24.0. The minimum atomic E-state index is -0.649. The van der Waals surface area contributed by atoms with E-state index in [0.29, 0.717) is 41.6 Å². The second-order valence-electron chi connectivity index (χ2n) is 12.5. The van der Waals surface area contributed by atoms with Crippen LogP contribution < -0.4 is 16.0 Å². The van der Waals surface area contributed by atoms with E-state index in [9.17, 15) is 4.79 Å². The van der Waals surface area contributed by atoms with Gasteiger partial charge in [0.25, 0.3) is 0 Å². The highest BCUT2D eigenvalue weighted by Gasteiger charge is 2.31. The Bertz CT molecular complexity index is 1570. The minimum Gasteiger partial charge on any atom is -0.365 e. The molecule has 3 saturated carbocycles. The molecule has 4 aromatic rings. The number of rotatable bonds is 10. The fourth-order valence-corrected chi connectivity index (χ4v) is 6.18. The Labute approximate surface area is 237 Å². The van der Waals surface area contributed by atoms with Crippen molar-refractivity contribution in [2.75, 3.05) is 17.3 Å². The molecule has 0 spiro atoms. The summed E-state index contributed by atoms with van der Waals surface area (Å²) in [6.45, 7) is 5.83. The van der Waals surface area contributed by atoms with E-state index in [1.807, 2.05) is 7.05 Å². The molecule has 218 valence electrons. The van der Waals surface area contributed by atoms with Gasteiger partial charge in [-0.15, -0.1) is 0 Å². The number of aromatic nitrogens is 8. The van der Waals surface area contributed by atoms with Crippen LogP contribution in [-0.4, -0.2) is 52.9 Å². The summed E-state index contributed by atoms with van der Waals surface area (Å²) >= 11 is 0. The van der Waals surface area contributed by atoms with Gasteiger partial charge in [-0.1, -0.05) is 36.5 Å². The molecule has 4 aromatic heterocycles. The maximum Gasteiger partial charge on any atom is 0.439 e. The fraction of sp³-hybridized carbons (Fsp3) is 0.679. The summed E-state index contributed by atoms with van der Waals surface area (Å²) in [6.07, 6.45) is 10.7. The van der Waals surface area contributed by atoms with Gasteiger partial charge in [0.2, 0.25) is 23.5 Å². The molecule has 0 unspecified atom stereocenters. The molecule has 3 aliphatic carbocycles. The zero-order chi connectivity index (χ0) is 28.1. The van der Waals surface area contributed by atoms with Gasteiger partial charge in [-0.2, -0.15) is 9.97 Å². The number of hydrogen-bond acceptors (Lipinski definition) is 11. The van der Waals surface area contributed by atoms with Crippen LogP contribution in [0.5, 0.6) is 0 Å². The first-order valence-corrected chi connectivity index (χ1v) is 15.1. The number of nitrogens with one attached hydrogen (secondary N) is 2. The second kappa shape index (κ2) is 10.6. The molecule has 13 heteroatoms. The standard InChI is InChI=1S/C28H38N10O3/c1-15-7-9-17(10-8-15)13-38-21-22(29-16(2)18-5-4-6-18)31-24(25-34-28(39)41-36-25)32-23(21)33-27(38)37(3)14-20-30-26(40-35-20)19-11-12-19/h15-19H,4-14H2,1-3H3,(H,29,31,32)(H,34,36,39)/t15-,16-,17-/m1/s1. The van der Waals surface area contributed by atoms with Gasteiger partial charge in [0.05, 0.1) is 6.54 Å². The van der Waals surface area contributed by atoms with Gasteiger partial charge >= 0.3 is 5.76 Å². The first-order chi connectivity index (χ1) is 19.9. The molecule has 0 radical (unpaired) electrons. The maximum absolute atomic E-state index is 11.7. The predicted molar refractivity (Wildman–Crippen MR) is 151 cm³/mol. The van der Waals surface area contributed by atoms with Crippen molar-refractivity contribution in [3.8, 4) is 11.6 Å². The van der Waals surface area contributed by atoms with Gasteiger partial charge in [0.1, 0.15) is 5.52 Å². The van der Waals surface area contributed by atoms with Crippen molar-refractivity contribution in [3.05, 3.63) is 22.3 Å². The van der Waals surface area contributed by atoms with E-state index >= 15 is 0 Å². The Morgan fingerprint density at radius 1 is 1.02 bits per heavy atom. The molecule has 13 nitrogen and oxygen atoms in total. The third-order valence-electron chi connectivity index (χ3n) is 9.16. The largest absolute Gasteiger partial charge is 0.439 e. The van der Waals surface area contributed by atoms with Crippen molar-refractivity contribution in [3.63, 3.8) is 0 Å². The topological polar surface area (TPSA) is 157 Å². The van der Waals surface area contributed by atoms with E-state index in [0.717, 1.165) is 42.7 Å². The smallest absolute Gasteiger partial charge is 0.365 e. The normalized spacial score (nSPS) is 22.1. The average molecular weight is 563 g/mol. The second-order valence-corrected chi connectivity index (χ2v) is 12.5. The van der Waals surface area contributed by atoms with Crippen LogP contribution in [0.1, 0.15) is 89.3 Å². The molecule has 3 fully saturated rings. The van der Waals surface area contributed by atoms with Crippen LogP contribution in [0.4, 0.5) is 11.8 Å². The quantitative estimate of drug-likeness (QED) is 0.280. The number of fused-ring (bicyclic) bond motifs is 1. The highest BCUT2D eigenvalue weighted by Crippen LogP contribution is 2.39. The van der Waals surface area contributed by atoms with E-state index in [2.05, 4.69) is 48.9 Å². The lowest BCUT2D eigenvalue weighted by atomic mass is 9.80. The highest BCUT2D eigenvalue weighted by molar-refractivity contribution is 5.87. The van der Waals surface area contributed by atoms with Crippen molar-refractivity contribution in [2.45, 2.75) is 96.7 Å². The molecule has 1 atom stereocenters. The van der Waals surface area contributed by atoms with Crippen LogP contribution in [0, 0.1) is 17.8 Å². The molecule has 0 aromatic carbocycles. The van der Waals surface area contributed by atoms with E-state index in [1.165, 1.54) is 44.9 Å². The van der Waals surface area contributed by atoms with Gasteiger partial charge in [0.15, 0.2) is 17.3 Å². The molecular formula is C28H38N10O3. The third-order valence-corrected chi connectivity index (χ3v) is 9.16. The van der Waals surface area contributed by atoms with Gasteiger partial charge in [-0.25, -0.2) is 14.8 Å². The highest BCUT2D eigenvalue weighted by atomic mass is 16.5. The van der Waals surface area contributed by atoms with Gasteiger partial charge in [0, 0.05) is 25.6 Å². The Hall–Kier alpha value is -3.77. The van der Waals surface area contributed by atoms with E-state index in [-0.39, 0.29) is 17.7 Å². The third kappa shape index (κ3) is 5.33. The van der Waals surface area contributed by atoms with Gasteiger partial charge < -0.3 is 19.3 Å². The summed E-state index contributed by atoms with van der Waals surface area (Å²) in [5.41, 5.74) is 1.40. The van der Waals surface area contributed by atoms with E-state index < -0.39 is 5.76 Å². The minimum absolute atomic E-state index is 0.182. The number of H-pyrrole nitrogens is 1. The van der Waals surface area contributed by atoms with Gasteiger partial charge in [-0.05, 0) is 63.2 Å². The number of nitrogens with zero attached hydrogens (tertiary/aromatic N) is 8. The first kappa shape index (κ1) is 26.1. The number of aromatic amines is 1. The Balaban J connectivity index is 1.30. The SMILES string of the molecule is C[C@@H](Nc1nc(-c2noc(=O)[nH]2)nc2nc(N(C)Cc3noc(C4CC4)n3)n(C[C@H]3CC[C@H](C)CC3)c12)C1CCC1.